The van der Waals surface area contributed by atoms with Crippen LogP contribution in [0.15, 0.2) is 59.4 Å². The van der Waals surface area contributed by atoms with Crippen molar-refractivity contribution in [2.45, 2.75) is 46.4 Å². The SMILES string of the molecule is C=C(C)OCc1cc(-c2cccc(CNC(=O)OC(C)(C)C)c2F)c2occc2c1. The van der Waals surface area contributed by atoms with Crippen molar-refractivity contribution in [3.05, 3.63) is 71.9 Å². The molecular weight excluding hydrogens is 385 g/mol. The molecule has 0 saturated heterocycles. The van der Waals surface area contributed by atoms with Gasteiger partial charge in [0.2, 0.25) is 0 Å². The number of carbonyl (C=O) groups excluding carboxylic acids is 1. The Morgan fingerprint density at radius 3 is 2.67 bits per heavy atom. The van der Waals surface area contributed by atoms with Gasteiger partial charge in [0.25, 0.3) is 0 Å². The Labute approximate surface area is 175 Å². The zero-order valence-electron chi connectivity index (χ0n) is 17.7. The number of rotatable bonds is 6. The minimum atomic E-state index is -0.623. The number of halogens is 1. The highest BCUT2D eigenvalue weighted by atomic mass is 19.1. The van der Waals surface area contributed by atoms with E-state index in [4.69, 9.17) is 13.9 Å². The number of ether oxygens (including phenoxy) is 2. The average Bonchev–Trinajstić information content (AvgIpc) is 3.12. The monoisotopic (exact) mass is 411 g/mol. The van der Waals surface area contributed by atoms with Gasteiger partial charge < -0.3 is 19.2 Å². The van der Waals surface area contributed by atoms with Crippen molar-refractivity contribution < 1.29 is 23.1 Å². The molecule has 1 N–H and O–H groups in total. The Bertz CT molecular complexity index is 1080. The predicted octanol–water partition coefficient (Wildman–Crippen LogP) is 6.31. The van der Waals surface area contributed by atoms with E-state index in [2.05, 4.69) is 11.9 Å². The number of fused-ring (bicyclic) bond motifs is 1. The van der Waals surface area contributed by atoms with Crippen molar-refractivity contribution >= 4 is 17.1 Å². The molecule has 1 heterocycles. The topological polar surface area (TPSA) is 60.7 Å². The van der Waals surface area contributed by atoms with E-state index in [0.29, 0.717) is 34.6 Å². The van der Waals surface area contributed by atoms with Crippen molar-refractivity contribution in [3.8, 4) is 11.1 Å². The van der Waals surface area contributed by atoms with Crippen molar-refractivity contribution in [1.29, 1.82) is 0 Å². The molecular formula is C24H26FNO4. The fourth-order valence-electron chi connectivity index (χ4n) is 3.04. The van der Waals surface area contributed by atoms with E-state index in [1.807, 2.05) is 18.2 Å². The molecule has 0 unspecified atom stereocenters. The molecule has 0 fully saturated rings. The van der Waals surface area contributed by atoms with E-state index < -0.39 is 17.5 Å². The van der Waals surface area contributed by atoms with Gasteiger partial charge in [-0.15, -0.1) is 0 Å². The summed E-state index contributed by atoms with van der Waals surface area (Å²) < 4.78 is 31.7. The molecule has 30 heavy (non-hydrogen) atoms. The zero-order chi connectivity index (χ0) is 21.9. The highest BCUT2D eigenvalue weighted by Gasteiger charge is 2.18. The van der Waals surface area contributed by atoms with E-state index in [0.717, 1.165) is 10.9 Å². The van der Waals surface area contributed by atoms with Crippen molar-refractivity contribution in [2.24, 2.45) is 0 Å². The molecule has 0 bridgehead atoms. The molecule has 158 valence electrons. The predicted molar refractivity (Wildman–Crippen MR) is 114 cm³/mol. The lowest BCUT2D eigenvalue weighted by Crippen LogP contribution is -2.32. The van der Waals surface area contributed by atoms with Gasteiger partial charge in [-0.2, -0.15) is 0 Å². The maximum atomic E-state index is 15.3. The first-order valence-corrected chi connectivity index (χ1v) is 9.67. The van der Waals surface area contributed by atoms with Gasteiger partial charge in [-0.1, -0.05) is 24.8 Å². The number of hydrogen-bond donors (Lipinski definition) is 1. The minimum absolute atomic E-state index is 0.00828. The number of allylic oxidation sites excluding steroid dienone is 1. The maximum absolute atomic E-state index is 15.3. The molecule has 0 aliphatic heterocycles. The Morgan fingerprint density at radius 1 is 1.20 bits per heavy atom. The van der Waals surface area contributed by atoms with Gasteiger partial charge in [-0.3, -0.25) is 0 Å². The van der Waals surface area contributed by atoms with Crippen LogP contribution in [0.2, 0.25) is 0 Å². The van der Waals surface area contributed by atoms with E-state index in [1.54, 1.807) is 52.2 Å². The van der Waals surface area contributed by atoms with Crippen LogP contribution >= 0.6 is 0 Å². The van der Waals surface area contributed by atoms with Crippen LogP contribution in [-0.4, -0.2) is 11.7 Å². The summed E-state index contributed by atoms with van der Waals surface area (Å²) in [6, 6.07) is 10.7. The first kappa shape index (κ1) is 21.4. The summed E-state index contributed by atoms with van der Waals surface area (Å²) in [6.45, 7) is 11.2. The number of amides is 1. The van der Waals surface area contributed by atoms with Crippen LogP contribution in [0.25, 0.3) is 22.1 Å². The highest BCUT2D eigenvalue weighted by Crippen LogP contribution is 2.34. The molecule has 0 atom stereocenters. The van der Waals surface area contributed by atoms with E-state index in [1.165, 1.54) is 0 Å². The summed E-state index contributed by atoms with van der Waals surface area (Å²) in [5, 5.41) is 3.45. The van der Waals surface area contributed by atoms with E-state index in [9.17, 15) is 4.79 Å². The second-order valence-corrected chi connectivity index (χ2v) is 8.11. The van der Waals surface area contributed by atoms with Crippen LogP contribution in [0.4, 0.5) is 9.18 Å². The first-order chi connectivity index (χ1) is 14.1. The molecule has 5 nitrogen and oxygen atoms in total. The summed E-state index contributed by atoms with van der Waals surface area (Å²) in [6.07, 6.45) is 0.975. The molecule has 0 saturated carbocycles. The van der Waals surface area contributed by atoms with Gasteiger partial charge in [-0.25, -0.2) is 9.18 Å². The molecule has 1 amide bonds. The lowest BCUT2D eigenvalue weighted by atomic mass is 9.98. The van der Waals surface area contributed by atoms with Crippen LogP contribution in [0.1, 0.15) is 38.8 Å². The molecule has 0 aliphatic carbocycles. The Kier molecular flexibility index (Phi) is 6.15. The zero-order valence-corrected chi connectivity index (χ0v) is 17.7. The van der Waals surface area contributed by atoms with Crippen molar-refractivity contribution in [3.63, 3.8) is 0 Å². The fraction of sp³-hybridized carbons (Fsp3) is 0.292. The number of furan rings is 1. The van der Waals surface area contributed by atoms with Crippen molar-refractivity contribution in [1.82, 2.24) is 5.32 Å². The van der Waals surface area contributed by atoms with Crippen LogP contribution in [-0.2, 0) is 22.6 Å². The van der Waals surface area contributed by atoms with Crippen LogP contribution in [0.3, 0.4) is 0 Å². The molecule has 2 aromatic carbocycles. The van der Waals surface area contributed by atoms with Crippen LogP contribution in [0.5, 0.6) is 0 Å². The third kappa shape index (κ3) is 5.20. The van der Waals surface area contributed by atoms with Gasteiger partial charge in [0.1, 0.15) is 23.6 Å². The largest absolute Gasteiger partial charge is 0.494 e. The molecule has 0 spiro atoms. The fourth-order valence-corrected chi connectivity index (χ4v) is 3.04. The van der Waals surface area contributed by atoms with E-state index in [-0.39, 0.29) is 6.54 Å². The van der Waals surface area contributed by atoms with Gasteiger partial charge in [-0.05, 0) is 51.5 Å². The van der Waals surface area contributed by atoms with Crippen LogP contribution < -0.4 is 5.32 Å². The number of nitrogens with one attached hydrogen (secondary N) is 1. The third-order valence-electron chi connectivity index (χ3n) is 4.29. The maximum Gasteiger partial charge on any atom is 0.407 e. The van der Waals surface area contributed by atoms with Gasteiger partial charge in [0, 0.05) is 28.6 Å². The van der Waals surface area contributed by atoms with Crippen molar-refractivity contribution in [2.75, 3.05) is 0 Å². The molecule has 0 aliphatic rings. The van der Waals surface area contributed by atoms with Gasteiger partial charge in [0.05, 0.1) is 12.0 Å². The average molecular weight is 411 g/mol. The summed E-state index contributed by atoms with van der Waals surface area (Å²) in [4.78, 5) is 11.9. The third-order valence-corrected chi connectivity index (χ3v) is 4.29. The lowest BCUT2D eigenvalue weighted by Gasteiger charge is -2.20. The summed E-state index contributed by atoms with van der Waals surface area (Å²) in [7, 11) is 0. The van der Waals surface area contributed by atoms with Crippen LogP contribution in [0, 0.1) is 5.82 Å². The second-order valence-electron chi connectivity index (χ2n) is 8.11. The Hall–Kier alpha value is -3.28. The normalized spacial score (nSPS) is 11.4. The number of hydrogen-bond acceptors (Lipinski definition) is 4. The molecule has 6 heteroatoms. The quantitative estimate of drug-likeness (QED) is 0.483. The Balaban J connectivity index is 1.91. The number of alkyl carbamates (subject to hydrolysis) is 1. The molecule has 0 radical (unpaired) electrons. The first-order valence-electron chi connectivity index (χ1n) is 9.67. The smallest absolute Gasteiger partial charge is 0.407 e. The number of benzene rings is 2. The van der Waals surface area contributed by atoms with Gasteiger partial charge in [0.15, 0.2) is 0 Å². The standard InChI is InChI=1S/C24H26FNO4/c1-15(2)29-14-16-11-17-9-10-28-22(17)20(12-16)19-8-6-7-18(21(19)25)13-26-23(27)30-24(3,4)5/h6-12H,1,13-14H2,2-5H3,(H,26,27). The summed E-state index contributed by atoms with van der Waals surface area (Å²) in [5.74, 6) is 0.175. The molecule has 3 rings (SSSR count). The van der Waals surface area contributed by atoms with E-state index >= 15 is 4.39 Å². The second kappa shape index (κ2) is 8.61. The molecule has 1 aromatic heterocycles. The summed E-state index contributed by atoms with van der Waals surface area (Å²) >= 11 is 0. The number of carbonyl (C=O) groups is 1. The Morgan fingerprint density at radius 2 is 1.97 bits per heavy atom. The lowest BCUT2D eigenvalue weighted by molar-refractivity contribution is 0.0523. The van der Waals surface area contributed by atoms with Gasteiger partial charge >= 0.3 is 6.09 Å². The summed E-state index contributed by atoms with van der Waals surface area (Å²) in [5.41, 5.74) is 2.19. The minimum Gasteiger partial charge on any atom is -0.494 e. The highest BCUT2D eigenvalue weighted by molar-refractivity contribution is 5.93. The molecule has 3 aromatic rings.